The molecule has 0 atom stereocenters. The Hall–Kier alpha value is -2.70. The molecule has 0 aromatic carbocycles. The molecule has 0 unspecified atom stereocenters. The number of carbonyl (C=O) groups excluding carboxylic acids is 2. The number of nitrogens with zero attached hydrogens (tertiary/aromatic N) is 2. The largest absolute Gasteiger partial charge is 1.00 e. The monoisotopic (exact) mass is 426 g/mol. The summed E-state index contributed by atoms with van der Waals surface area (Å²) in [6.45, 7) is 0.960. The van der Waals surface area contributed by atoms with Crippen molar-refractivity contribution in [2.75, 3.05) is 13.2 Å². The average Bonchev–Trinajstić information content (AvgIpc) is 2.64. The lowest BCUT2D eigenvalue weighted by Crippen LogP contribution is -3.00. The third kappa shape index (κ3) is 8.79. The van der Waals surface area contributed by atoms with Crippen LogP contribution in [0.1, 0.15) is 20.7 Å². The molecule has 2 heterocycles. The van der Waals surface area contributed by atoms with Crippen LogP contribution in [0.25, 0.3) is 0 Å². The van der Waals surface area contributed by atoms with Crippen molar-refractivity contribution in [3.05, 3.63) is 60.2 Å². The van der Waals surface area contributed by atoms with E-state index in [1.807, 2.05) is 0 Å². The molecule has 8 nitrogen and oxygen atoms in total. The Morgan fingerprint density at radius 3 is 1.57 bits per heavy atom. The molecule has 0 spiro atoms. The van der Waals surface area contributed by atoms with E-state index in [0.717, 1.165) is 0 Å². The molecule has 28 heavy (non-hydrogen) atoms. The number of rotatable bonds is 8. The first-order valence-corrected chi connectivity index (χ1v) is 7.75. The lowest BCUT2D eigenvalue weighted by Gasteiger charge is -1.98. The van der Waals surface area contributed by atoms with Crippen molar-refractivity contribution in [1.29, 1.82) is 0 Å². The second-order valence-electron chi connectivity index (χ2n) is 5.25. The average molecular weight is 427 g/mol. The minimum atomic E-state index is -0.490. The molecule has 0 radical (unpaired) electrons. The highest BCUT2D eigenvalue weighted by atomic mass is 35.5. The van der Waals surface area contributed by atoms with Crippen LogP contribution < -0.4 is 45.4 Å². The molecule has 0 saturated heterocycles. The van der Waals surface area contributed by atoms with E-state index in [2.05, 4.69) is 11.8 Å². The summed E-state index contributed by atoms with van der Waals surface area (Å²) >= 11 is 0. The molecule has 150 valence electrons. The smallest absolute Gasteiger partial charge is 0.254 e. The van der Waals surface area contributed by atoms with E-state index in [1.54, 1.807) is 58.2 Å². The Bertz CT molecular complexity index is 785. The van der Waals surface area contributed by atoms with E-state index >= 15 is 0 Å². The van der Waals surface area contributed by atoms with Gasteiger partial charge in [-0.2, -0.15) is 9.13 Å². The summed E-state index contributed by atoms with van der Waals surface area (Å²) in [6.07, 6.45) is 6.74. The van der Waals surface area contributed by atoms with Crippen molar-refractivity contribution in [2.24, 2.45) is 11.5 Å². The molecular weight excluding hydrogens is 407 g/mol. The zero-order chi connectivity index (χ0) is 18.8. The van der Waals surface area contributed by atoms with E-state index < -0.39 is 11.8 Å². The predicted molar refractivity (Wildman–Crippen MR) is 90.0 cm³/mol. The van der Waals surface area contributed by atoms with Crippen LogP contribution in [0.5, 0.6) is 0 Å². The highest BCUT2D eigenvalue weighted by Gasteiger charge is 2.07. The number of primary amides is 2. The van der Waals surface area contributed by atoms with Crippen LogP contribution in [-0.4, -0.2) is 25.0 Å². The summed E-state index contributed by atoms with van der Waals surface area (Å²) in [5.74, 6) is 4.67. The number of hydrogen-bond acceptors (Lipinski definition) is 4. The maximum absolute atomic E-state index is 11.1. The lowest BCUT2D eigenvalue weighted by atomic mass is 10.3. The molecule has 0 fully saturated rings. The number of pyridine rings is 2. The van der Waals surface area contributed by atoms with Gasteiger partial charge in [0.25, 0.3) is 25.3 Å². The zero-order valence-corrected chi connectivity index (χ0v) is 16.4. The van der Waals surface area contributed by atoms with Crippen molar-refractivity contribution in [3.63, 3.8) is 0 Å². The fraction of sp³-hybridized carbons (Fsp3) is 0.222. The van der Waals surface area contributed by atoms with Gasteiger partial charge >= 0.3 is 0 Å². The predicted octanol–water partition coefficient (Wildman–Crippen LogP) is -6.88. The van der Waals surface area contributed by atoms with Crippen LogP contribution in [0.15, 0.2) is 49.1 Å². The van der Waals surface area contributed by atoms with Crippen LogP contribution in [-0.2, 0) is 22.9 Å². The van der Waals surface area contributed by atoms with Crippen LogP contribution in [0.3, 0.4) is 0 Å². The van der Waals surface area contributed by atoms with Crippen molar-refractivity contribution in [1.82, 2.24) is 0 Å². The molecular formula is C18H20Cl2N4O4. The van der Waals surface area contributed by atoms with Crippen molar-refractivity contribution < 1.29 is 53.0 Å². The summed E-state index contributed by atoms with van der Waals surface area (Å²) in [4.78, 5) is 22.2. The molecule has 2 rings (SSSR count). The minimum absolute atomic E-state index is 0. The Kier molecular flexibility index (Phi) is 12.2. The number of carbonyl (C=O) groups is 2. The molecule has 2 amide bonds. The van der Waals surface area contributed by atoms with E-state index in [9.17, 15) is 9.59 Å². The van der Waals surface area contributed by atoms with Crippen molar-refractivity contribution in [3.8, 4) is 11.8 Å². The van der Waals surface area contributed by atoms with Crippen LogP contribution in [0.4, 0.5) is 0 Å². The molecule has 0 bridgehead atoms. The maximum Gasteiger partial charge on any atom is 0.254 e. The zero-order valence-electron chi connectivity index (χ0n) is 14.9. The van der Waals surface area contributed by atoms with Gasteiger partial charge in [-0.1, -0.05) is 11.8 Å². The molecule has 4 N–H and O–H groups in total. The lowest BCUT2D eigenvalue weighted by molar-refractivity contribution is -0.732. The maximum atomic E-state index is 11.1. The molecule has 2 aromatic rings. The number of hydrogen-bond donors (Lipinski definition) is 2. The minimum Gasteiger partial charge on any atom is -1.00 e. The molecule has 0 saturated carbocycles. The van der Waals surface area contributed by atoms with Gasteiger partial charge in [0.2, 0.25) is 0 Å². The normalized spacial score (nSPS) is 9.29. The van der Waals surface area contributed by atoms with Gasteiger partial charge in [-0.15, -0.1) is 0 Å². The number of ether oxygens (including phenoxy) is 2. The number of amides is 2. The standard InChI is InChI=1S/C18H18N4O4.2ClH/c19-17(23)15-5-3-7-21(11-15)13-25-9-1-2-10-26-14-22-8-4-6-16(12-22)18(20)24;;/h3-8,11-12H,9-10,13-14H2,(H2-2,19,20,23,24);2*1H. The quantitative estimate of drug-likeness (QED) is 0.248. The Morgan fingerprint density at radius 2 is 1.21 bits per heavy atom. The summed E-state index contributed by atoms with van der Waals surface area (Å²) in [5.41, 5.74) is 11.3. The summed E-state index contributed by atoms with van der Waals surface area (Å²) in [5, 5.41) is 0. The van der Waals surface area contributed by atoms with Crippen molar-refractivity contribution >= 4 is 11.8 Å². The van der Waals surface area contributed by atoms with E-state index in [1.165, 1.54) is 0 Å². The third-order valence-corrected chi connectivity index (χ3v) is 3.24. The van der Waals surface area contributed by atoms with Gasteiger partial charge in [-0.05, 0) is 12.1 Å². The first-order chi connectivity index (χ1) is 12.6. The first-order valence-electron chi connectivity index (χ1n) is 7.75. The fourth-order valence-electron chi connectivity index (χ4n) is 2.00. The summed E-state index contributed by atoms with van der Waals surface area (Å²) < 4.78 is 14.2. The third-order valence-electron chi connectivity index (χ3n) is 3.24. The number of nitrogens with two attached hydrogens (primary N) is 2. The highest BCUT2D eigenvalue weighted by Crippen LogP contribution is 1.93. The highest BCUT2D eigenvalue weighted by molar-refractivity contribution is 5.92. The van der Waals surface area contributed by atoms with E-state index in [-0.39, 0.29) is 51.5 Å². The van der Waals surface area contributed by atoms with Crippen LogP contribution in [0, 0.1) is 11.8 Å². The summed E-state index contributed by atoms with van der Waals surface area (Å²) in [6, 6.07) is 6.70. The van der Waals surface area contributed by atoms with Crippen LogP contribution >= 0.6 is 0 Å². The van der Waals surface area contributed by atoms with Gasteiger partial charge in [-0.25, -0.2) is 0 Å². The summed E-state index contributed by atoms with van der Waals surface area (Å²) in [7, 11) is 0. The van der Waals surface area contributed by atoms with E-state index in [0.29, 0.717) is 11.1 Å². The Morgan fingerprint density at radius 1 is 0.821 bits per heavy atom. The van der Waals surface area contributed by atoms with Gasteiger partial charge in [0.1, 0.15) is 24.3 Å². The van der Waals surface area contributed by atoms with Gasteiger partial charge in [0, 0.05) is 12.1 Å². The Balaban J connectivity index is 0.00000364. The molecule has 0 aliphatic carbocycles. The molecule has 0 aliphatic rings. The van der Waals surface area contributed by atoms with E-state index in [4.69, 9.17) is 20.9 Å². The van der Waals surface area contributed by atoms with Gasteiger partial charge in [0.15, 0.2) is 24.8 Å². The van der Waals surface area contributed by atoms with Gasteiger partial charge in [-0.3, -0.25) is 9.59 Å². The fourth-order valence-corrected chi connectivity index (χ4v) is 2.00. The Labute approximate surface area is 175 Å². The van der Waals surface area contributed by atoms with Gasteiger partial charge < -0.3 is 45.8 Å². The molecule has 0 aliphatic heterocycles. The SMILES string of the molecule is NC(=O)c1ccc[n+](COCC#CCOC[n+]2cccc(C(N)=O)c2)c1.[Cl-].[Cl-]. The number of halogens is 2. The second kappa shape index (κ2) is 13.5. The number of aromatic nitrogens is 2. The van der Waals surface area contributed by atoms with Gasteiger partial charge in [0.05, 0.1) is 0 Å². The molecule has 2 aromatic heterocycles. The topological polar surface area (TPSA) is 112 Å². The molecule has 10 heteroatoms. The second-order valence-corrected chi connectivity index (χ2v) is 5.25. The van der Waals surface area contributed by atoms with Crippen molar-refractivity contribution in [2.45, 2.75) is 13.5 Å². The van der Waals surface area contributed by atoms with Crippen LogP contribution in [0.2, 0.25) is 0 Å². The first kappa shape index (κ1) is 25.3.